The van der Waals surface area contributed by atoms with Crippen molar-refractivity contribution in [2.75, 3.05) is 11.4 Å². The van der Waals surface area contributed by atoms with Crippen molar-refractivity contribution in [3.8, 4) is 6.07 Å². The van der Waals surface area contributed by atoms with E-state index in [0.29, 0.717) is 30.2 Å². The number of anilines is 1. The molecule has 1 aliphatic rings. The standard InChI is InChI=1S/C13H14N2O3S/c1-7-8(2)18-13(11(7)5-14)15-6-10(4-12(15)17)19-9(3)16/h10H,4,6H2,1-3H3. The van der Waals surface area contributed by atoms with Crippen LogP contribution in [0.2, 0.25) is 0 Å². The summed E-state index contributed by atoms with van der Waals surface area (Å²) < 4.78 is 5.53. The zero-order chi connectivity index (χ0) is 14.2. The van der Waals surface area contributed by atoms with E-state index in [2.05, 4.69) is 6.07 Å². The van der Waals surface area contributed by atoms with Crippen molar-refractivity contribution < 1.29 is 14.0 Å². The maximum Gasteiger partial charge on any atom is 0.230 e. The van der Waals surface area contributed by atoms with Crippen molar-refractivity contribution in [1.29, 1.82) is 5.26 Å². The topological polar surface area (TPSA) is 74.3 Å². The van der Waals surface area contributed by atoms with E-state index in [0.717, 1.165) is 17.3 Å². The highest BCUT2D eigenvalue weighted by atomic mass is 32.2. The Hall–Kier alpha value is -1.74. The number of aryl methyl sites for hydroxylation is 1. The van der Waals surface area contributed by atoms with Crippen LogP contribution in [-0.4, -0.2) is 22.8 Å². The molecule has 1 saturated heterocycles. The highest BCUT2D eigenvalue weighted by Gasteiger charge is 2.35. The van der Waals surface area contributed by atoms with Crippen LogP contribution in [0.15, 0.2) is 4.42 Å². The van der Waals surface area contributed by atoms with Crippen LogP contribution in [0.1, 0.15) is 30.2 Å². The lowest BCUT2D eigenvalue weighted by atomic mass is 10.2. The fraction of sp³-hybridized carbons (Fsp3) is 0.462. The zero-order valence-corrected chi connectivity index (χ0v) is 11.8. The molecule has 5 nitrogen and oxygen atoms in total. The Kier molecular flexibility index (Phi) is 3.67. The van der Waals surface area contributed by atoms with E-state index in [1.165, 1.54) is 11.8 Å². The number of carbonyl (C=O) groups excluding carboxylic acids is 2. The Bertz CT molecular complexity index is 585. The molecular formula is C13H14N2O3S. The van der Waals surface area contributed by atoms with Crippen molar-refractivity contribution in [3.63, 3.8) is 0 Å². The minimum Gasteiger partial charge on any atom is -0.444 e. The Morgan fingerprint density at radius 2 is 2.21 bits per heavy atom. The quantitative estimate of drug-likeness (QED) is 0.828. The highest BCUT2D eigenvalue weighted by Crippen LogP contribution is 2.34. The summed E-state index contributed by atoms with van der Waals surface area (Å²) in [7, 11) is 0. The lowest BCUT2D eigenvalue weighted by molar-refractivity contribution is -0.117. The molecule has 6 heteroatoms. The van der Waals surface area contributed by atoms with Crippen LogP contribution in [0.3, 0.4) is 0 Å². The van der Waals surface area contributed by atoms with Gasteiger partial charge in [0.2, 0.25) is 11.8 Å². The second-order valence-corrected chi connectivity index (χ2v) is 5.99. The average Bonchev–Trinajstić information content (AvgIpc) is 2.80. The molecule has 0 N–H and O–H groups in total. The summed E-state index contributed by atoms with van der Waals surface area (Å²) in [5.41, 5.74) is 1.16. The molecular weight excluding hydrogens is 264 g/mol. The van der Waals surface area contributed by atoms with Gasteiger partial charge in [0.25, 0.3) is 0 Å². The van der Waals surface area contributed by atoms with Gasteiger partial charge in [-0.15, -0.1) is 0 Å². The molecule has 1 unspecified atom stereocenters. The summed E-state index contributed by atoms with van der Waals surface area (Å²) >= 11 is 1.16. The van der Waals surface area contributed by atoms with Gasteiger partial charge >= 0.3 is 0 Å². The number of nitrogens with zero attached hydrogens (tertiary/aromatic N) is 2. The summed E-state index contributed by atoms with van der Waals surface area (Å²) in [6.45, 7) is 5.45. The third kappa shape index (κ3) is 2.51. The minimum atomic E-state index is -0.107. The number of nitriles is 1. The van der Waals surface area contributed by atoms with E-state index in [4.69, 9.17) is 9.68 Å². The lowest BCUT2D eigenvalue weighted by Gasteiger charge is -2.13. The molecule has 1 aliphatic heterocycles. The van der Waals surface area contributed by atoms with Crippen LogP contribution in [-0.2, 0) is 9.59 Å². The maximum absolute atomic E-state index is 12.0. The van der Waals surface area contributed by atoms with Gasteiger partial charge in [-0.1, -0.05) is 11.8 Å². The molecule has 1 aromatic heterocycles. The van der Waals surface area contributed by atoms with Gasteiger partial charge in [-0.05, 0) is 13.8 Å². The molecule has 1 amide bonds. The third-order valence-electron chi connectivity index (χ3n) is 3.15. The van der Waals surface area contributed by atoms with Gasteiger partial charge in [0.1, 0.15) is 17.4 Å². The fourth-order valence-corrected chi connectivity index (χ4v) is 3.03. The summed E-state index contributed by atoms with van der Waals surface area (Å²) in [5, 5.41) is 9.09. The van der Waals surface area contributed by atoms with Crippen LogP contribution in [0.25, 0.3) is 0 Å². The van der Waals surface area contributed by atoms with E-state index in [9.17, 15) is 9.59 Å². The van der Waals surface area contributed by atoms with Gasteiger partial charge in [-0.2, -0.15) is 5.26 Å². The summed E-state index contributed by atoms with van der Waals surface area (Å²) in [4.78, 5) is 24.5. The van der Waals surface area contributed by atoms with Gasteiger partial charge in [0.05, 0.1) is 0 Å². The Morgan fingerprint density at radius 3 is 2.79 bits per heavy atom. The molecule has 1 atom stereocenters. The number of carbonyl (C=O) groups is 2. The number of hydrogen-bond acceptors (Lipinski definition) is 5. The summed E-state index contributed by atoms with van der Waals surface area (Å²) in [6.07, 6.45) is 0.300. The molecule has 0 aliphatic carbocycles. The van der Waals surface area contributed by atoms with E-state index >= 15 is 0 Å². The molecule has 2 heterocycles. The second-order valence-electron chi connectivity index (χ2n) is 4.52. The number of amides is 1. The van der Waals surface area contributed by atoms with Crippen molar-refractivity contribution in [1.82, 2.24) is 0 Å². The van der Waals surface area contributed by atoms with Gasteiger partial charge in [-0.3, -0.25) is 14.5 Å². The monoisotopic (exact) mass is 278 g/mol. The van der Waals surface area contributed by atoms with Crippen molar-refractivity contribution in [2.24, 2.45) is 0 Å². The van der Waals surface area contributed by atoms with Crippen molar-refractivity contribution in [2.45, 2.75) is 32.4 Å². The van der Waals surface area contributed by atoms with Gasteiger partial charge < -0.3 is 4.42 Å². The molecule has 2 rings (SSSR count). The Morgan fingerprint density at radius 1 is 1.53 bits per heavy atom. The predicted octanol–water partition coefficient (Wildman–Crippen LogP) is 2.15. The largest absolute Gasteiger partial charge is 0.444 e. The smallest absolute Gasteiger partial charge is 0.230 e. The molecule has 1 fully saturated rings. The fourth-order valence-electron chi connectivity index (χ4n) is 2.12. The van der Waals surface area contributed by atoms with E-state index in [1.807, 2.05) is 0 Å². The minimum absolute atomic E-state index is 0.00744. The van der Waals surface area contributed by atoms with Gasteiger partial charge in [0.15, 0.2) is 5.12 Å². The van der Waals surface area contributed by atoms with Crippen LogP contribution < -0.4 is 4.90 Å². The Labute approximate surface area is 115 Å². The number of rotatable bonds is 2. The van der Waals surface area contributed by atoms with Crippen molar-refractivity contribution in [3.05, 3.63) is 16.9 Å². The van der Waals surface area contributed by atoms with Crippen LogP contribution in [0.5, 0.6) is 0 Å². The lowest BCUT2D eigenvalue weighted by Crippen LogP contribution is -2.25. The Balaban J connectivity index is 2.29. The van der Waals surface area contributed by atoms with Crippen molar-refractivity contribution >= 4 is 28.7 Å². The van der Waals surface area contributed by atoms with E-state index in [1.54, 1.807) is 13.8 Å². The molecule has 0 aromatic carbocycles. The molecule has 0 saturated carbocycles. The summed E-state index contributed by atoms with van der Waals surface area (Å²) in [6, 6.07) is 2.08. The molecule has 0 spiro atoms. The SMILES string of the molecule is CC(=O)SC1CC(=O)N(c2oc(C)c(C)c2C#N)C1. The number of hydrogen-bond donors (Lipinski definition) is 0. The van der Waals surface area contributed by atoms with Gasteiger partial charge in [-0.25, -0.2) is 0 Å². The third-order valence-corrected chi connectivity index (χ3v) is 4.13. The molecule has 19 heavy (non-hydrogen) atoms. The summed E-state index contributed by atoms with van der Waals surface area (Å²) in [5.74, 6) is 0.847. The van der Waals surface area contributed by atoms with E-state index in [-0.39, 0.29) is 16.3 Å². The van der Waals surface area contributed by atoms with E-state index < -0.39 is 0 Å². The molecule has 1 aromatic rings. The van der Waals surface area contributed by atoms with Gasteiger partial charge in [0, 0.05) is 30.7 Å². The molecule has 100 valence electrons. The highest BCUT2D eigenvalue weighted by molar-refractivity contribution is 8.14. The first-order valence-corrected chi connectivity index (χ1v) is 6.79. The maximum atomic E-state index is 12.0. The number of furan rings is 1. The average molecular weight is 278 g/mol. The van der Waals surface area contributed by atoms with Crippen LogP contribution in [0, 0.1) is 25.2 Å². The predicted molar refractivity (Wildman–Crippen MR) is 71.9 cm³/mol. The molecule has 0 radical (unpaired) electrons. The van der Waals surface area contributed by atoms with Crippen LogP contribution >= 0.6 is 11.8 Å². The first kappa shape index (κ1) is 13.7. The second kappa shape index (κ2) is 5.10. The zero-order valence-electron chi connectivity index (χ0n) is 11.0. The first-order chi connectivity index (χ1) is 8.93. The van der Waals surface area contributed by atoms with Crippen LogP contribution in [0.4, 0.5) is 5.88 Å². The molecule has 0 bridgehead atoms. The normalized spacial score (nSPS) is 18.7. The first-order valence-electron chi connectivity index (χ1n) is 5.91. The number of thioether (sulfide) groups is 1.